The quantitative estimate of drug-likeness (QED) is 0.705. The van der Waals surface area contributed by atoms with E-state index in [0.717, 1.165) is 25.7 Å². The summed E-state index contributed by atoms with van der Waals surface area (Å²) in [5.41, 5.74) is 1.98. The molecule has 0 aromatic rings. The van der Waals surface area contributed by atoms with Crippen molar-refractivity contribution >= 4 is 5.91 Å². The smallest absolute Gasteiger partial charge is 0.354 e. The lowest BCUT2D eigenvalue weighted by Gasteiger charge is -2.30. The predicted octanol–water partition coefficient (Wildman–Crippen LogP) is 2.99. The van der Waals surface area contributed by atoms with Crippen molar-refractivity contribution in [2.45, 2.75) is 65.1 Å². The summed E-state index contributed by atoms with van der Waals surface area (Å²) in [7, 11) is 0. The number of unbranched alkanes of at least 4 members (excludes halogenated alkanes) is 2. The Morgan fingerprint density at radius 2 is 1.68 bits per heavy atom. The van der Waals surface area contributed by atoms with Crippen molar-refractivity contribution in [3.63, 3.8) is 0 Å². The fraction of sp³-hybridized carbons (Fsp3) is 0.923. The summed E-state index contributed by atoms with van der Waals surface area (Å²) in [6.45, 7) is 6.80. The molecule has 0 aliphatic rings. The second-order valence-corrected chi connectivity index (χ2v) is 6.00. The minimum atomic E-state index is -4.75. The van der Waals surface area contributed by atoms with Crippen LogP contribution in [0.5, 0.6) is 0 Å². The summed E-state index contributed by atoms with van der Waals surface area (Å²) in [5.74, 6) is -1.18. The monoisotopic (exact) mass is 282 g/mol. The lowest BCUT2D eigenvalue weighted by Crippen LogP contribution is -2.62. The molecule has 0 rings (SSSR count). The molecule has 0 saturated heterocycles. The number of amides is 1. The van der Waals surface area contributed by atoms with Gasteiger partial charge in [0.2, 0.25) is 5.91 Å². The number of hydrogen-bond acceptors (Lipinski definition) is 2. The van der Waals surface area contributed by atoms with Gasteiger partial charge in [0.25, 0.3) is 0 Å². The van der Waals surface area contributed by atoms with Crippen LogP contribution in [0.1, 0.15) is 53.4 Å². The van der Waals surface area contributed by atoms with Gasteiger partial charge in [0.1, 0.15) is 0 Å². The molecule has 0 bridgehead atoms. The van der Waals surface area contributed by atoms with Crippen molar-refractivity contribution in [3.8, 4) is 0 Å². The second kappa shape index (κ2) is 6.59. The first-order chi connectivity index (χ1) is 8.44. The van der Waals surface area contributed by atoms with Crippen LogP contribution >= 0.6 is 0 Å². The SMILES string of the molecule is CCCCCC(C)(C)CNC(=O)C(C)(N)C(F)(F)F. The molecular formula is C13H25F3N2O. The zero-order valence-corrected chi connectivity index (χ0v) is 12.2. The highest BCUT2D eigenvalue weighted by atomic mass is 19.4. The van der Waals surface area contributed by atoms with Crippen LogP contribution in [0.3, 0.4) is 0 Å². The first kappa shape index (κ1) is 18.2. The van der Waals surface area contributed by atoms with Crippen molar-refractivity contribution in [1.82, 2.24) is 5.32 Å². The van der Waals surface area contributed by atoms with E-state index >= 15 is 0 Å². The highest BCUT2D eigenvalue weighted by Gasteiger charge is 2.53. The third-order valence-corrected chi connectivity index (χ3v) is 3.25. The number of alkyl halides is 3. The number of carbonyl (C=O) groups excluding carboxylic acids is 1. The maximum absolute atomic E-state index is 12.6. The fourth-order valence-corrected chi connectivity index (χ4v) is 1.57. The van der Waals surface area contributed by atoms with Gasteiger partial charge in [-0.2, -0.15) is 13.2 Å². The van der Waals surface area contributed by atoms with E-state index in [1.807, 2.05) is 13.8 Å². The van der Waals surface area contributed by atoms with E-state index in [0.29, 0.717) is 6.92 Å². The zero-order valence-electron chi connectivity index (χ0n) is 12.2. The maximum atomic E-state index is 12.6. The lowest BCUT2D eigenvalue weighted by atomic mass is 9.86. The third kappa shape index (κ3) is 5.80. The molecule has 0 fully saturated rings. The molecule has 0 saturated carbocycles. The summed E-state index contributed by atoms with van der Waals surface area (Å²) in [4.78, 5) is 11.5. The average molecular weight is 282 g/mol. The largest absolute Gasteiger partial charge is 0.415 e. The van der Waals surface area contributed by atoms with Gasteiger partial charge < -0.3 is 11.1 Å². The van der Waals surface area contributed by atoms with Crippen LogP contribution in [0.4, 0.5) is 13.2 Å². The summed E-state index contributed by atoms with van der Waals surface area (Å²) >= 11 is 0. The van der Waals surface area contributed by atoms with Gasteiger partial charge in [-0.3, -0.25) is 4.79 Å². The Kier molecular flexibility index (Phi) is 6.32. The van der Waals surface area contributed by atoms with Gasteiger partial charge in [0.15, 0.2) is 5.54 Å². The van der Waals surface area contributed by atoms with Crippen LogP contribution in [-0.2, 0) is 4.79 Å². The molecule has 6 heteroatoms. The first-order valence-corrected chi connectivity index (χ1v) is 6.58. The molecule has 1 amide bonds. The zero-order chi connectivity index (χ0) is 15.3. The summed E-state index contributed by atoms with van der Waals surface area (Å²) < 4.78 is 37.7. The van der Waals surface area contributed by atoms with E-state index in [1.165, 1.54) is 0 Å². The number of nitrogens with one attached hydrogen (secondary N) is 1. The van der Waals surface area contributed by atoms with E-state index in [4.69, 9.17) is 5.73 Å². The molecule has 3 N–H and O–H groups in total. The molecule has 19 heavy (non-hydrogen) atoms. The van der Waals surface area contributed by atoms with Crippen LogP contribution in [-0.4, -0.2) is 24.2 Å². The van der Waals surface area contributed by atoms with E-state index in [1.54, 1.807) is 0 Å². The molecule has 114 valence electrons. The number of halogens is 3. The Hall–Kier alpha value is -0.780. The minimum Gasteiger partial charge on any atom is -0.354 e. The van der Waals surface area contributed by atoms with Gasteiger partial charge in [-0.25, -0.2) is 0 Å². The van der Waals surface area contributed by atoms with Crippen LogP contribution in [0.2, 0.25) is 0 Å². The molecule has 1 unspecified atom stereocenters. The number of carbonyl (C=O) groups is 1. The van der Waals surface area contributed by atoms with Crippen LogP contribution in [0.15, 0.2) is 0 Å². The molecule has 0 heterocycles. The normalized spacial score (nSPS) is 16.0. The molecule has 0 aliphatic heterocycles. The molecule has 0 aliphatic carbocycles. The highest BCUT2D eigenvalue weighted by Crippen LogP contribution is 2.28. The van der Waals surface area contributed by atoms with Crippen molar-refractivity contribution in [1.29, 1.82) is 0 Å². The summed E-state index contributed by atoms with van der Waals surface area (Å²) in [6, 6.07) is 0. The Bertz CT molecular complexity index is 299. The molecule has 0 aromatic carbocycles. The fourth-order valence-electron chi connectivity index (χ4n) is 1.57. The standard InChI is InChI=1S/C13H25F3N2O/c1-5-6-7-8-11(2,3)9-18-10(19)12(4,17)13(14,15)16/h5-9,17H2,1-4H3,(H,18,19). The first-order valence-electron chi connectivity index (χ1n) is 6.58. The van der Waals surface area contributed by atoms with E-state index in [9.17, 15) is 18.0 Å². The van der Waals surface area contributed by atoms with Crippen molar-refractivity contribution in [2.24, 2.45) is 11.1 Å². The van der Waals surface area contributed by atoms with Gasteiger partial charge >= 0.3 is 6.18 Å². The maximum Gasteiger partial charge on any atom is 0.415 e. The molecule has 0 radical (unpaired) electrons. The van der Waals surface area contributed by atoms with Gasteiger partial charge in [0.05, 0.1) is 0 Å². The van der Waals surface area contributed by atoms with E-state index in [-0.39, 0.29) is 12.0 Å². The lowest BCUT2D eigenvalue weighted by molar-refractivity contribution is -0.187. The highest BCUT2D eigenvalue weighted by molar-refractivity contribution is 5.86. The number of nitrogens with two attached hydrogens (primary N) is 1. The van der Waals surface area contributed by atoms with Gasteiger partial charge in [0, 0.05) is 6.54 Å². The number of hydrogen-bond donors (Lipinski definition) is 2. The molecule has 1 atom stereocenters. The van der Waals surface area contributed by atoms with Gasteiger partial charge in [-0.05, 0) is 18.8 Å². The Labute approximate surface area is 113 Å². The molecule has 3 nitrogen and oxygen atoms in total. The van der Waals surface area contributed by atoms with Crippen LogP contribution < -0.4 is 11.1 Å². The van der Waals surface area contributed by atoms with Crippen molar-refractivity contribution in [3.05, 3.63) is 0 Å². The number of rotatable bonds is 7. The van der Waals surface area contributed by atoms with Gasteiger partial charge in [-0.15, -0.1) is 0 Å². The van der Waals surface area contributed by atoms with E-state index < -0.39 is 17.6 Å². The predicted molar refractivity (Wildman–Crippen MR) is 69.6 cm³/mol. The Morgan fingerprint density at radius 3 is 2.11 bits per heavy atom. The molecular weight excluding hydrogens is 257 g/mol. The van der Waals surface area contributed by atoms with Crippen molar-refractivity contribution in [2.75, 3.05) is 6.54 Å². The summed E-state index contributed by atoms with van der Waals surface area (Å²) in [6.07, 6.45) is -0.734. The molecule has 0 aromatic heterocycles. The Morgan fingerprint density at radius 1 is 1.16 bits per heavy atom. The van der Waals surface area contributed by atoms with Crippen LogP contribution in [0, 0.1) is 5.41 Å². The summed E-state index contributed by atoms with van der Waals surface area (Å²) in [5, 5.41) is 2.31. The second-order valence-electron chi connectivity index (χ2n) is 6.00. The van der Waals surface area contributed by atoms with Crippen molar-refractivity contribution < 1.29 is 18.0 Å². The van der Waals surface area contributed by atoms with Crippen LogP contribution in [0.25, 0.3) is 0 Å². The Balaban J connectivity index is 4.36. The molecule has 0 spiro atoms. The van der Waals surface area contributed by atoms with Gasteiger partial charge in [-0.1, -0.05) is 40.0 Å². The average Bonchev–Trinajstić information content (AvgIpc) is 2.24. The van der Waals surface area contributed by atoms with E-state index in [2.05, 4.69) is 12.2 Å². The third-order valence-electron chi connectivity index (χ3n) is 3.25. The minimum absolute atomic E-state index is 0.193. The topological polar surface area (TPSA) is 55.1 Å².